The van der Waals surface area contributed by atoms with Crippen molar-refractivity contribution in [2.45, 2.75) is 39.7 Å². The number of carbonyl (C=O) groups is 1. The highest BCUT2D eigenvalue weighted by Crippen LogP contribution is 2.24. The van der Waals surface area contributed by atoms with Gasteiger partial charge in [0.2, 0.25) is 5.91 Å². The predicted octanol–water partition coefficient (Wildman–Crippen LogP) is 5.53. The molecule has 2 aromatic carbocycles. The second-order valence-corrected chi connectivity index (χ2v) is 7.58. The lowest BCUT2D eigenvalue weighted by Crippen LogP contribution is -2.27. The lowest BCUT2D eigenvalue weighted by atomic mass is 10.1. The molecule has 0 spiro atoms. The lowest BCUT2D eigenvalue weighted by Gasteiger charge is -2.15. The van der Waals surface area contributed by atoms with E-state index in [4.69, 9.17) is 4.42 Å². The molecule has 1 N–H and O–H groups in total. The summed E-state index contributed by atoms with van der Waals surface area (Å²) in [5.74, 6) is 1.28. The molecule has 1 aromatic heterocycles. The van der Waals surface area contributed by atoms with Crippen LogP contribution < -0.4 is 5.32 Å². The molecule has 5 heteroatoms. The van der Waals surface area contributed by atoms with E-state index in [0.29, 0.717) is 18.7 Å². The van der Waals surface area contributed by atoms with E-state index >= 15 is 0 Å². The Morgan fingerprint density at radius 3 is 2.70 bits per heavy atom. The van der Waals surface area contributed by atoms with Crippen LogP contribution in [0, 0.1) is 13.8 Å². The van der Waals surface area contributed by atoms with Crippen molar-refractivity contribution < 1.29 is 9.21 Å². The van der Waals surface area contributed by atoms with Gasteiger partial charge in [-0.3, -0.25) is 4.79 Å². The topological polar surface area (TPSA) is 55.1 Å². The summed E-state index contributed by atoms with van der Waals surface area (Å²) in [7, 11) is 0. The summed E-state index contributed by atoms with van der Waals surface area (Å²) in [4.78, 5) is 16.6. The maximum atomic E-state index is 12.3. The quantitative estimate of drug-likeness (QED) is 0.563. The first-order valence-corrected chi connectivity index (χ1v) is 9.79. The Morgan fingerprint density at radius 2 is 1.96 bits per heavy atom. The average molecular weight is 427 g/mol. The van der Waals surface area contributed by atoms with Crippen molar-refractivity contribution in [3.63, 3.8) is 0 Å². The average Bonchev–Trinajstić information content (AvgIpc) is 3.11. The van der Waals surface area contributed by atoms with E-state index in [-0.39, 0.29) is 11.9 Å². The number of nitrogens with one attached hydrogen (secondary N) is 1. The van der Waals surface area contributed by atoms with Crippen molar-refractivity contribution in [1.29, 1.82) is 0 Å². The SMILES string of the molecule is Cc1ccc(-c2cnc(CCC(=O)N[C@H](C)c3ccccc3Br)o2)cc1C. The van der Waals surface area contributed by atoms with Gasteiger partial charge in [-0.05, 0) is 49.6 Å². The van der Waals surface area contributed by atoms with Gasteiger partial charge in [-0.2, -0.15) is 0 Å². The van der Waals surface area contributed by atoms with Gasteiger partial charge in [-0.25, -0.2) is 4.98 Å². The van der Waals surface area contributed by atoms with Gasteiger partial charge in [0.05, 0.1) is 12.2 Å². The molecule has 1 atom stereocenters. The molecule has 0 aliphatic carbocycles. The molecule has 27 heavy (non-hydrogen) atoms. The molecule has 4 nitrogen and oxygen atoms in total. The molecular formula is C22H23BrN2O2. The third-order valence-corrected chi connectivity index (χ3v) is 5.38. The molecule has 0 unspecified atom stereocenters. The number of rotatable bonds is 6. The number of hydrogen-bond acceptors (Lipinski definition) is 3. The van der Waals surface area contributed by atoms with E-state index in [1.807, 2.05) is 37.3 Å². The molecule has 0 saturated carbocycles. The minimum absolute atomic E-state index is 0.0239. The van der Waals surface area contributed by atoms with E-state index < -0.39 is 0 Å². The van der Waals surface area contributed by atoms with Gasteiger partial charge >= 0.3 is 0 Å². The number of oxazole rings is 1. The summed E-state index contributed by atoms with van der Waals surface area (Å²) in [5.41, 5.74) is 4.52. The zero-order valence-corrected chi connectivity index (χ0v) is 17.3. The first-order valence-electron chi connectivity index (χ1n) is 9.00. The molecule has 3 rings (SSSR count). The van der Waals surface area contributed by atoms with Crippen LogP contribution in [0.2, 0.25) is 0 Å². The summed E-state index contributed by atoms with van der Waals surface area (Å²) >= 11 is 3.52. The minimum Gasteiger partial charge on any atom is -0.441 e. The maximum absolute atomic E-state index is 12.3. The first kappa shape index (κ1) is 19.4. The smallest absolute Gasteiger partial charge is 0.220 e. The van der Waals surface area contributed by atoms with E-state index in [2.05, 4.69) is 52.2 Å². The molecule has 1 heterocycles. The van der Waals surface area contributed by atoms with E-state index in [1.165, 1.54) is 11.1 Å². The predicted molar refractivity (Wildman–Crippen MR) is 110 cm³/mol. The number of aryl methyl sites for hydroxylation is 3. The Labute approximate surface area is 168 Å². The van der Waals surface area contributed by atoms with Gasteiger partial charge in [0, 0.05) is 22.9 Å². The van der Waals surface area contributed by atoms with Gasteiger partial charge in [-0.15, -0.1) is 0 Å². The standard InChI is InChI=1S/C22H23BrN2O2/c1-14-8-9-17(12-15(14)2)20-13-24-22(27-20)11-10-21(26)25-16(3)18-6-4-5-7-19(18)23/h4-9,12-13,16H,10-11H2,1-3H3,(H,25,26)/t16-/m1/s1. The Balaban J connectivity index is 1.57. The normalized spacial score (nSPS) is 12.0. The fourth-order valence-electron chi connectivity index (χ4n) is 2.89. The molecule has 0 aliphatic heterocycles. The maximum Gasteiger partial charge on any atom is 0.220 e. The number of benzene rings is 2. The summed E-state index contributed by atoms with van der Waals surface area (Å²) in [6.45, 7) is 6.13. The molecule has 0 bridgehead atoms. The van der Waals surface area contributed by atoms with Crippen molar-refractivity contribution >= 4 is 21.8 Å². The minimum atomic E-state index is -0.0660. The zero-order chi connectivity index (χ0) is 19.4. The summed E-state index contributed by atoms with van der Waals surface area (Å²) in [6.07, 6.45) is 2.53. The summed E-state index contributed by atoms with van der Waals surface area (Å²) < 4.78 is 6.81. The van der Waals surface area contributed by atoms with Gasteiger partial charge in [0.1, 0.15) is 0 Å². The Kier molecular flexibility index (Phi) is 6.11. The Bertz CT molecular complexity index is 949. The van der Waals surface area contributed by atoms with Crippen LogP contribution in [0.1, 0.15) is 42.0 Å². The summed E-state index contributed by atoms with van der Waals surface area (Å²) in [6, 6.07) is 14.0. The largest absolute Gasteiger partial charge is 0.441 e. The van der Waals surface area contributed by atoms with E-state index in [9.17, 15) is 4.79 Å². The van der Waals surface area contributed by atoms with Crippen LogP contribution in [0.3, 0.4) is 0 Å². The number of amides is 1. The molecule has 0 aliphatic rings. The number of nitrogens with zero attached hydrogens (tertiary/aromatic N) is 1. The third-order valence-electron chi connectivity index (χ3n) is 4.66. The fraction of sp³-hybridized carbons (Fsp3) is 0.273. The van der Waals surface area contributed by atoms with Gasteiger partial charge in [-0.1, -0.05) is 46.3 Å². The molecule has 0 saturated heterocycles. The first-order chi connectivity index (χ1) is 12.9. The monoisotopic (exact) mass is 426 g/mol. The fourth-order valence-corrected chi connectivity index (χ4v) is 3.52. The molecular weight excluding hydrogens is 404 g/mol. The summed E-state index contributed by atoms with van der Waals surface area (Å²) in [5, 5.41) is 3.02. The second-order valence-electron chi connectivity index (χ2n) is 6.73. The van der Waals surface area contributed by atoms with Crippen molar-refractivity contribution in [2.75, 3.05) is 0 Å². The second kappa shape index (κ2) is 8.53. The van der Waals surface area contributed by atoms with Crippen molar-refractivity contribution in [2.24, 2.45) is 0 Å². The van der Waals surface area contributed by atoms with Crippen LogP contribution in [0.25, 0.3) is 11.3 Å². The van der Waals surface area contributed by atoms with Gasteiger partial charge in [0.15, 0.2) is 11.7 Å². The van der Waals surface area contributed by atoms with Gasteiger partial charge < -0.3 is 9.73 Å². The van der Waals surface area contributed by atoms with E-state index in [1.54, 1.807) is 6.20 Å². The van der Waals surface area contributed by atoms with Crippen LogP contribution in [0.15, 0.2) is 57.6 Å². The Hall–Kier alpha value is -2.40. The number of aromatic nitrogens is 1. The number of carbonyl (C=O) groups excluding carboxylic acids is 1. The van der Waals surface area contributed by atoms with Crippen LogP contribution in [-0.4, -0.2) is 10.9 Å². The van der Waals surface area contributed by atoms with Crippen molar-refractivity contribution in [3.05, 3.63) is 75.7 Å². The molecule has 140 valence electrons. The van der Waals surface area contributed by atoms with Crippen LogP contribution in [0.5, 0.6) is 0 Å². The molecule has 0 fully saturated rings. The van der Waals surface area contributed by atoms with Gasteiger partial charge in [0.25, 0.3) is 0 Å². The van der Waals surface area contributed by atoms with Crippen molar-refractivity contribution in [3.8, 4) is 11.3 Å². The Morgan fingerprint density at radius 1 is 1.19 bits per heavy atom. The molecule has 1 amide bonds. The zero-order valence-electron chi connectivity index (χ0n) is 15.8. The molecule has 3 aromatic rings. The lowest BCUT2D eigenvalue weighted by molar-refractivity contribution is -0.121. The van der Waals surface area contributed by atoms with E-state index in [0.717, 1.165) is 21.4 Å². The highest BCUT2D eigenvalue weighted by molar-refractivity contribution is 9.10. The van der Waals surface area contributed by atoms with Crippen LogP contribution >= 0.6 is 15.9 Å². The third kappa shape index (κ3) is 4.86. The molecule has 0 radical (unpaired) electrons. The van der Waals surface area contributed by atoms with Crippen LogP contribution in [0.4, 0.5) is 0 Å². The number of hydrogen-bond donors (Lipinski definition) is 1. The number of halogens is 1. The highest BCUT2D eigenvalue weighted by Gasteiger charge is 2.14. The van der Waals surface area contributed by atoms with Crippen molar-refractivity contribution in [1.82, 2.24) is 10.3 Å². The van der Waals surface area contributed by atoms with Crippen LogP contribution in [-0.2, 0) is 11.2 Å². The highest BCUT2D eigenvalue weighted by atomic mass is 79.9.